The van der Waals surface area contributed by atoms with Crippen LogP contribution in [0.4, 0.5) is 4.79 Å². The second-order valence-electron chi connectivity index (χ2n) is 11.9. The summed E-state index contributed by atoms with van der Waals surface area (Å²) in [5.41, 5.74) is 2.05. The van der Waals surface area contributed by atoms with Gasteiger partial charge in [0.1, 0.15) is 12.3 Å². The maximum absolute atomic E-state index is 13.9. The maximum atomic E-state index is 13.9. The van der Waals surface area contributed by atoms with E-state index in [4.69, 9.17) is 4.74 Å². The van der Waals surface area contributed by atoms with Crippen molar-refractivity contribution >= 4 is 11.9 Å². The number of urea groups is 1. The molecule has 1 aromatic heterocycles. The van der Waals surface area contributed by atoms with Gasteiger partial charge in [0, 0.05) is 37.1 Å². The molecule has 4 bridgehead atoms. The molecule has 0 unspecified atom stereocenters. The molecule has 2 aromatic rings. The Kier molecular flexibility index (Phi) is 6.41. The molecule has 198 valence electrons. The van der Waals surface area contributed by atoms with Crippen LogP contribution in [0.5, 0.6) is 5.75 Å². The Morgan fingerprint density at radius 2 is 1.78 bits per heavy atom. The summed E-state index contributed by atoms with van der Waals surface area (Å²) in [7, 11) is 1.66. The Morgan fingerprint density at radius 3 is 2.46 bits per heavy atom. The number of hydrogen-bond acceptors (Lipinski definition) is 3. The van der Waals surface area contributed by atoms with E-state index in [0.717, 1.165) is 67.0 Å². The van der Waals surface area contributed by atoms with Crippen LogP contribution in [0.15, 0.2) is 42.6 Å². The van der Waals surface area contributed by atoms with Crippen LogP contribution < -0.4 is 10.1 Å². The summed E-state index contributed by atoms with van der Waals surface area (Å²) in [6, 6.07) is 11.8. The Labute approximate surface area is 220 Å². The normalized spacial score (nSPS) is 29.6. The fourth-order valence-electron chi connectivity index (χ4n) is 8.16. The number of ether oxygens (including phenoxy) is 1. The van der Waals surface area contributed by atoms with Crippen LogP contribution in [-0.2, 0) is 11.3 Å². The van der Waals surface area contributed by atoms with Crippen LogP contribution >= 0.6 is 0 Å². The monoisotopic (exact) mass is 504 g/mol. The highest BCUT2D eigenvalue weighted by Crippen LogP contribution is 2.55. The largest absolute Gasteiger partial charge is 0.497 e. The molecule has 0 saturated heterocycles. The smallest absolute Gasteiger partial charge is 0.318 e. The van der Waals surface area contributed by atoms with Gasteiger partial charge in [0.15, 0.2) is 0 Å². The van der Waals surface area contributed by atoms with Crippen LogP contribution in [0.1, 0.15) is 69.2 Å². The van der Waals surface area contributed by atoms with Crippen molar-refractivity contribution in [2.45, 2.75) is 70.0 Å². The van der Waals surface area contributed by atoms with Gasteiger partial charge in [-0.2, -0.15) is 0 Å². The predicted octanol–water partition coefficient (Wildman–Crippen LogP) is 4.82. The maximum Gasteiger partial charge on any atom is 0.318 e. The molecule has 1 N–H and O–H groups in total. The lowest BCUT2D eigenvalue weighted by atomic mass is 9.53. The van der Waals surface area contributed by atoms with Gasteiger partial charge in [-0.15, -0.1) is 0 Å². The van der Waals surface area contributed by atoms with Gasteiger partial charge in [0.2, 0.25) is 5.91 Å². The lowest BCUT2D eigenvalue weighted by molar-refractivity contribution is -0.134. The predicted molar refractivity (Wildman–Crippen MR) is 142 cm³/mol. The van der Waals surface area contributed by atoms with E-state index in [1.807, 2.05) is 29.2 Å². The summed E-state index contributed by atoms with van der Waals surface area (Å²) < 4.78 is 7.70. The number of amides is 3. The van der Waals surface area contributed by atoms with Crippen molar-refractivity contribution in [3.63, 3.8) is 0 Å². The fourth-order valence-corrected chi connectivity index (χ4v) is 8.16. The lowest BCUT2D eigenvalue weighted by Crippen LogP contribution is -2.62. The van der Waals surface area contributed by atoms with Crippen molar-refractivity contribution in [1.29, 1.82) is 0 Å². The van der Waals surface area contributed by atoms with Gasteiger partial charge in [-0.1, -0.05) is 19.1 Å². The number of aromatic nitrogens is 1. The highest BCUT2D eigenvalue weighted by Gasteiger charge is 2.52. The van der Waals surface area contributed by atoms with Crippen LogP contribution in [0.3, 0.4) is 0 Å². The average molecular weight is 505 g/mol. The molecule has 7 heteroatoms. The van der Waals surface area contributed by atoms with Crippen molar-refractivity contribution in [1.82, 2.24) is 19.7 Å². The van der Waals surface area contributed by atoms with E-state index in [0.29, 0.717) is 13.1 Å². The van der Waals surface area contributed by atoms with Crippen LogP contribution in [0.2, 0.25) is 0 Å². The molecule has 3 amide bonds. The highest BCUT2D eigenvalue weighted by molar-refractivity contribution is 5.85. The van der Waals surface area contributed by atoms with Crippen LogP contribution in [0.25, 0.3) is 0 Å². The zero-order chi connectivity index (χ0) is 25.6. The topological polar surface area (TPSA) is 66.8 Å². The first-order chi connectivity index (χ1) is 18.0. The van der Waals surface area contributed by atoms with Gasteiger partial charge >= 0.3 is 6.03 Å². The molecule has 4 saturated carbocycles. The SMILES string of the molecule is CCCN(CC(=O)N1CCn2cccc2[C@@H]1c1cccc(OC)c1)C(=O)NC12CC3CC(CC(C3)C1)C2. The molecule has 37 heavy (non-hydrogen) atoms. The van der Waals surface area contributed by atoms with Crippen LogP contribution in [-0.4, -0.2) is 58.6 Å². The summed E-state index contributed by atoms with van der Waals surface area (Å²) in [6.07, 6.45) is 10.3. The first-order valence-electron chi connectivity index (χ1n) is 14.1. The summed E-state index contributed by atoms with van der Waals surface area (Å²) in [5.74, 6) is 3.06. The molecule has 1 aromatic carbocycles. The summed E-state index contributed by atoms with van der Waals surface area (Å²) in [5, 5.41) is 3.48. The van der Waals surface area contributed by atoms with E-state index in [2.05, 4.69) is 35.1 Å². The summed E-state index contributed by atoms with van der Waals surface area (Å²) in [4.78, 5) is 31.2. The molecule has 0 radical (unpaired) electrons. The molecule has 7 nitrogen and oxygen atoms in total. The minimum Gasteiger partial charge on any atom is -0.497 e. The van der Waals surface area contributed by atoms with E-state index in [-0.39, 0.29) is 30.1 Å². The Bertz CT molecular complexity index is 1120. The molecule has 4 fully saturated rings. The molecule has 4 aliphatic carbocycles. The third-order valence-corrected chi connectivity index (χ3v) is 9.29. The van der Waals surface area contributed by atoms with Crippen LogP contribution in [0, 0.1) is 17.8 Å². The number of nitrogens with zero attached hydrogens (tertiary/aromatic N) is 3. The fraction of sp³-hybridized carbons (Fsp3) is 0.600. The first kappa shape index (κ1) is 24.4. The molecule has 5 aliphatic rings. The molecule has 7 rings (SSSR count). The number of carbonyl (C=O) groups is 2. The van der Waals surface area contributed by atoms with Gasteiger partial charge in [0.25, 0.3) is 0 Å². The first-order valence-corrected chi connectivity index (χ1v) is 14.1. The van der Waals surface area contributed by atoms with Crippen molar-refractivity contribution < 1.29 is 14.3 Å². The Morgan fingerprint density at radius 1 is 1.05 bits per heavy atom. The number of carbonyl (C=O) groups excluding carboxylic acids is 2. The van der Waals surface area contributed by atoms with Gasteiger partial charge in [-0.25, -0.2) is 4.79 Å². The van der Waals surface area contributed by atoms with E-state index in [1.165, 1.54) is 19.3 Å². The lowest BCUT2D eigenvalue weighted by Gasteiger charge is -2.57. The van der Waals surface area contributed by atoms with Gasteiger partial charge in [-0.05, 0) is 92.5 Å². The number of hydrogen-bond donors (Lipinski definition) is 1. The number of methoxy groups -OCH3 is 1. The molecule has 1 aliphatic heterocycles. The second kappa shape index (κ2) is 9.73. The van der Waals surface area contributed by atoms with Gasteiger partial charge in [-0.3, -0.25) is 4.79 Å². The minimum absolute atomic E-state index is 0.00520. The van der Waals surface area contributed by atoms with Crippen molar-refractivity contribution in [2.75, 3.05) is 26.7 Å². The molecular weight excluding hydrogens is 464 g/mol. The Balaban J connectivity index is 1.21. The van der Waals surface area contributed by atoms with Crippen molar-refractivity contribution in [2.24, 2.45) is 17.8 Å². The summed E-state index contributed by atoms with van der Waals surface area (Å²) >= 11 is 0. The number of nitrogens with one attached hydrogen (secondary N) is 1. The van der Waals surface area contributed by atoms with E-state index >= 15 is 0 Å². The number of benzene rings is 1. The zero-order valence-corrected chi connectivity index (χ0v) is 22.2. The van der Waals surface area contributed by atoms with Crippen molar-refractivity contribution in [3.8, 4) is 5.75 Å². The van der Waals surface area contributed by atoms with Crippen molar-refractivity contribution in [3.05, 3.63) is 53.9 Å². The molecule has 2 heterocycles. The second-order valence-corrected chi connectivity index (χ2v) is 11.9. The van der Waals surface area contributed by atoms with Gasteiger partial charge < -0.3 is 24.4 Å². The third-order valence-electron chi connectivity index (χ3n) is 9.29. The minimum atomic E-state index is -0.207. The molecule has 1 atom stereocenters. The molecule has 0 spiro atoms. The molecular formula is C30H40N4O3. The van der Waals surface area contributed by atoms with E-state index < -0.39 is 0 Å². The zero-order valence-electron chi connectivity index (χ0n) is 22.2. The number of fused-ring (bicyclic) bond motifs is 1. The van der Waals surface area contributed by atoms with Gasteiger partial charge in [0.05, 0.1) is 13.2 Å². The average Bonchev–Trinajstić information content (AvgIpc) is 3.35. The highest BCUT2D eigenvalue weighted by atomic mass is 16.5. The van der Waals surface area contributed by atoms with E-state index in [1.54, 1.807) is 12.0 Å². The summed E-state index contributed by atoms with van der Waals surface area (Å²) in [6.45, 7) is 4.12. The quantitative estimate of drug-likeness (QED) is 0.588. The Hall–Kier alpha value is -2.96. The van der Waals surface area contributed by atoms with E-state index in [9.17, 15) is 9.59 Å². The third kappa shape index (κ3) is 4.62. The standard InChI is InChI=1S/C30H40N4O3/c1-3-9-33(29(36)31-30-17-21-13-22(18-30)15-23(14-21)19-30)20-27(35)34-12-11-32-10-5-8-26(32)28(34)24-6-4-7-25(16-24)37-2/h4-8,10,16,21-23,28H,3,9,11-15,17-20H2,1-2H3,(H,31,36)/t21?,22?,23?,28-,30?/m0/s1. The number of rotatable bonds is 7.